The monoisotopic (exact) mass is 264 g/mol. The molecule has 1 fully saturated rings. The zero-order chi connectivity index (χ0) is 9.47. The van der Waals surface area contributed by atoms with Crippen molar-refractivity contribution < 1.29 is 8.42 Å². The van der Waals surface area contributed by atoms with Crippen LogP contribution < -0.4 is 0 Å². The minimum Gasteiger partial charge on any atom is -0.336 e. The van der Waals surface area contributed by atoms with Crippen LogP contribution in [0.4, 0.5) is 0 Å². The molecule has 0 aromatic carbocycles. The van der Waals surface area contributed by atoms with Crippen molar-refractivity contribution >= 4 is 25.8 Å². The first kappa shape index (κ1) is 9.21. The number of rotatable bonds is 1. The van der Waals surface area contributed by atoms with Crippen molar-refractivity contribution in [2.45, 2.75) is 12.3 Å². The zero-order valence-electron chi connectivity index (χ0n) is 6.83. The van der Waals surface area contributed by atoms with Gasteiger partial charge in [0, 0.05) is 17.8 Å². The van der Waals surface area contributed by atoms with Crippen molar-refractivity contribution in [3.63, 3.8) is 0 Å². The van der Waals surface area contributed by atoms with Gasteiger partial charge in [0.25, 0.3) is 0 Å². The molecular formula is C7H9BrN2O2S. The van der Waals surface area contributed by atoms with E-state index in [0.29, 0.717) is 16.9 Å². The van der Waals surface area contributed by atoms with Gasteiger partial charge in [-0.15, -0.1) is 0 Å². The molecule has 4 nitrogen and oxygen atoms in total. The lowest BCUT2D eigenvalue weighted by Gasteiger charge is -2.01. The quantitative estimate of drug-likeness (QED) is 0.826. The van der Waals surface area contributed by atoms with Crippen molar-refractivity contribution in [1.82, 2.24) is 9.97 Å². The minimum absolute atomic E-state index is 0.101. The Kier molecular flexibility index (Phi) is 2.19. The van der Waals surface area contributed by atoms with Crippen molar-refractivity contribution in [2.75, 3.05) is 11.5 Å². The summed E-state index contributed by atoms with van der Waals surface area (Å²) in [6, 6.07) is 0. The number of aromatic nitrogens is 2. The highest BCUT2D eigenvalue weighted by Crippen LogP contribution is 2.27. The van der Waals surface area contributed by atoms with Crippen LogP contribution in [0.15, 0.2) is 10.9 Å². The molecule has 1 aromatic rings. The van der Waals surface area contributed by atoms with E-state index in [0.717, 1.165) is 5.69 Å². The SMILES string of the molecule is O=S1(=O)CCC(c2cnc(Br)[nH]2)C1. The normalized spacial score (nSPS) is 26.4. The summed E-state index contributed by atoms with van der Waals surface area (Å²) in [5, 5.41) is 0. The number of halogens is 1. The topological polar surface area (TPSA) is 62.8 Å². The van der Waals surface area contributed by atoms with Crippen molar-refractivity contribution in [2.24, 2.45) is 0 Å². The lowest BCUT2D eigenvalue weighted by atomic mass is 10.1. The molecule has 1 aromatic heterocycles. The molecule has 6 heteroatoms. The van der Waals surface area contributed by atoms with Crippen LogP contribution in [0.3, 0.4) is 0 Å². The van der Waals surface area contributed by atoms with Crippen LogP contribution in [-0.4, -0.2) is 29.9 Å². The van der Waals surface area contributed by atoms with Crippen LogP contribution in [0.25, 0.3) is 0 Å². The molecule has 13 heavy (non-hydrogen) atoms. The predicted octanol–water partition coefficient (Wildman–Crippen LogP) is 1.07. The Balaban J connectivity index is 2.21. The molecule has 1 aliphatic heterocycles. The lowest BCUT2D eigenvalue weighted by Crippen LogP contribution is -2.03. The van der Waals surface area contributed by atoms with E-state index in [1.807, 2.05) is 0 Å². The van der Waals surface area contributed by atoms with Gasteiger partial charge in [-0.1, -0.05) is 0 Å². The largest absolute Gasteiger partial charge is 0.336 e. The maximum Gasteiger partial charge on any atom is 0.174 e. The number of nitrogens with zero attached hydrogens (tertiary/aromatic N) is 1. The average molecular weight is 265 g/mol. The van der Waals surface area contributed by atoms with Crippen LogP contribution in [0, 0.1) is 0 Å². The molecule has 0 bridgehead atoms. The van der Waals surface area contributed by atoms with Crippen LogP contribution in [0.1, 0.15) is 18.0 Å². The molecular weight excluding hydrogens is 256 g/mol. The second kappa shape index (κ2) is 3.09. The molecule has 1 saturated heterocycles. The summed E-state index contributed by atoms with van der Waals surface area (Å²) in [5.41, 5.74) is 0.910. The van der Waals surface area contributed by atoms with E-state index in [2.05, 4.69) is 25.9 Å². The number of sulfone groups is 1. The van der Waals surface area contributed by atoms with Gasteiger partial charge in [0.2, 0.25) is 0 Å². The van der Waals surface area contributed by atoms with Crippen LogP contribution >= 0.6 is 15.9 Å². The van der Waals surface area contributed by atoms with Crippen molar-refractivity contribution in [3.8, 4) is 0 Å². The molecule has 1 N–H and O–H groups in total. The summed E-state index contributed by atoms with van der Waals surface area (Å²) in [4.78, 5) is 6.97. The van der Waals surface area contributed by atoms with Gasteiger partial charge in [-0.3, -0.25) is 0 Å². The molecule has 1 atom stereocenters. The number of hydrogen-bond donors (Lipinski definition) is 1. The molecule has 1 unspecified atom stereocenters. The van der Waals surface area contributed by atoms with Gasteiger partial charge in [0.15, 0.2) is 14.6 Å². The predicted molar refractivity (Wildman–Crippen MR) is 52.3 cm³/mol. The maximum atomic E-state index is 11.2. The van der Waals surface area contributed by atoms with E-state index in [4.69, 9.17) is 0 Å². The van der Waals surface area contributed by atoms with E-state index < -0.39 is 9.84 Å². The molecule has 0 spiro atoms. The van der Waals surface area contributed by atoms with Crippen LogP contribution in [-0.2, 0) is 9.84 Å². The van der Waals surface area contributed by atoms with E-state index in [-0.39, 0.29) is 11.7 Å². The number of nitrogens with one attached hydrogen (secondary N) is 1. The van der Waals surface area contributed by atoms with Gasteiger partial charge in [-0.25, -0.2) is 13.4 Å². The molecule has 0 aliphatic carbocycles. The van der Waals surface area contributed by atoms with E-state index in [1.165, 1.54) is 0 Å². The van der Waals surface area contributed by atoms with Crippen molar-refractivity contribution in [3.05, 3.63) is 16.6 Å². The zero-order valence-corrected chi connectivity index (χ0v) is 9.23. The molecule has 1 aliphatic rings. The van der Waals surface area contributed by atoms with E-state index in [1.54, 1.807) is 6.20 Å². The Bertz CT molecular complexity index is 412. The average Bonchev–Trinajstić information content (AvgIpc) is 2.56. The third-order valence-electron chi connectivity index (χ3n) is 2.24. The third kappa shape index (κ3) is 1.94. The molecule has 0 radical (unpaired) electrons. The Morgan fingerprint density at radius 3 is 2.85 bits per heavy atom. The Morgan fingerprint density at radius 2 is 2.38 bits per heavy atom. The van der Waals surface area contributed by atoms with E-state index >= 15 is 0 Å². The summed E-state index contributed by atoms with van der Waals surface area (Å²) in [6.45, 7) is 0. The first-order valence-electron chi connectivity index (χ1n) is 3.98. The molecule has 0 saturated carbocycles. The molecule has 72 valence electrons. The highest BCUT2D eigenvalue weighted by Gasteiger charge is 2.29. The fourth-order valence-electron chi connectivity index (χ4n) is 1.56. The number of imidazole rings is 1. The molecule has 0 amide bonds. The summed E-state index contributed by atoms with van der Waals surface area (Å²) in [7, 11) is -2.80. The summed E-state index contributed by atoms with van der Waals surface area (Å²) in [6.07, 6.45) is 2.40. The Labute approximate surface area is 84.8 Å². The molecule has 2 rings (SSSR count). The van der Waals surface area contributed by atoms with E-state index in [9.17, 15) is 8.42 Å². The third-order valence-corrected chi connectivity index (χ3v) is 4.41. The minimum atomic E-state index is -2.80. The van der Waals surface area contributed by atoms with Crippen LogP contribution in [0.5, 0.6) is 0 Å². The first-order chi connectivity index (χ1) is 6.07. The highest BCUT2D eigenvalue weighted by molar-refractivity contribution is 9.10. The van der Waals surface area contributed by atoms with Gasteiger partial charge in [0.05, 0.1) is 11.5 Å². The second-order valence-electron chi connectivity index (χ2n) is 3.23. The van der Waals surface area contributed by atoms with Crippen molar-refractivity contribution in [1.29, 1.82) is 0 Å². The smallest absolute Gasteiger partial charge is 0.174 e. The molecule has 2 heterocycles. The van der Waals surface area contributed by atoms with Gasteiger partial charge < -0.3 is 4.98 Å². The number of hydrogen-bond acceptors (Lipinski definition) is 3. The lowest BCUT2D eigenvalue weighted by molar-refractivity contribution is 0.601. The van der Waals surface area contributed by atoms with Gasteiger partial charge in [-0.05, 0) is 22.4 Å². The summed E-state index contributed by atoms with van der Waals surface area (Å²) >= 11 is 3.19. The second-order valence-corrected chi connectivity index (χ2v) is 6.21. The first-order valence-corrected chi connectivity index (χ1v) is 6.59. The summed E-state index contributed by atoms with van der Waals surface area (Å²) in [5.74, 6) is 0.652. The highest BCUT2D eigenvalue weighted by atomic mass is 79.9. The fraction of sp³-hybridized carbons (Fsp3) is 0.571. The number of aromatic amines is 1. The summed E-state index contributed by atoms with van der Waals surface area (Å²) < 4.78 is 23.0. The van der Waals surface area contributed by atoms with Gasteiger partial charge >= 0.3 is 0 Å². The van der Waals surface area contributed by atoms with Gasteiger partial charge in [0.1, 0.15) is 0 Å². The Morgan fingerprint density at radius 1 is 1.62 bits per heavy atom. The standard InChI is InChI=1S/C7H9BrN2O2S/c8-7-9-3-6(10-7)5-1-2-13(11,12)4-5/h3,5H,1-2,4H2,(H,9,10). The number of H-pyrrole nitrogens is 1. The fourth-order valence-corrected chi connectivity index (χ4v) is 3.66. The maximum absolute atomic E-state index is 11.2. The van der Waals surface area contributed by atoms with Crippen LogP contribution in [0.2, 0.25) is 0 Å². The Hall–Kier alpha value is -0.360. The van der Waals surface area contributed by atoms with Gasteiger partial charge in [-0.2, -0.15) is 0 Å².